The standard InChI is InChI=1S/C11H11N5O2/c1-7-4-9(16-6-13-14-15-16)5-8(11(7)12)2-3-10(17)18/h2-6H,12H2,1H3,(H,17,18). The molecular formula is C11H11N5O2. The summed E-state index contributed by atoms with van der Waals surface area (Å²) in [6, 6.07) is 3.54. The van der Waals surface area contributed by atoms with Crippen LogP contribution in [0, 0.1) is 6.92 Å². The molecule has 0 atom stereocenters. The number of aliphatic carboxylic acids is 1. The van der Waals surface area contributed by atoms with Gasteiger partial charge >= 0.3 is 5.97 Å². The Labute approximate surface area is 103 Å². The third-order valence-corrected chi connectivity index (χ3v) is 2.42. The molecule has 1 aromatic carbocycles. The molecule has 0 saturated carbocycles. The number of carboxylic acid groups (broad SMARTS) is 1. The monoisotopic (exact) mass is 245 g/mol. The zero-order valence-corrected chi connectivity index (χ0v) is 9.61. The van der Waals surface area contributed by atoms with Crippen LogP contribution in [0.15, 0.2) is 24.5 Å². The van der Waals surface area contributed by atoms with Gasteiger partial charge in [-0.05, 0) is 41.1 Å². The number of anilines is 1. The van der Waals surface area contributed by atoms with Gasteiger partial charge in [0, 0.05) is 17.3 Å². The molecule has 1 aromatic heterocycles. The van der Waals surface area contributed by atoms with E-state index in [9.17, 15) is 4.79 Å². The van der Waals surface area contributed by atoms with Crippen molar-refractivity contribution < 1.29 is 9.90 Å². The first kappa shape index (κ1) is 11.8. The lowest BCUT2D eigenvalue weighted by Gasteiger charge is -2.08. The molecule has 1 heterocycles. The van der Waals surface area contributed by atoms with E-state index in [1.165, 1.54) is 17.1 Å². The Morgan fingerprint density at radius 3 is 2.89 bits per heavy atom. The van der Waals surface area contributed by atoms with Gasteiger partial charge < -0.3 is 10.8 Å². The van der Waals surface area contributed by atoms with E-state index < -0.39 is 5.97 Å². The van der Waals surface area contributed by atoms with Crippen LogP contribution >= 0.6 is 0 Å². The summed E-state index contributed by atoms with van der Waals surface area (Å²) < 4.78 is 1.48. The van der Waals surface area contributed by atoms with Crippen molar-refractivity contribution >= 4 is 17.7 Å². The highest BCUT2D eigenvalue weighted by atomic mass is 16.4. The Bertz CT molecular complexity index is 604. The van der Waals surface area contributed by atoms with E-state index in [4.69, 9.17) is 10.8 Å². The number of nitrogens with zero attached hydrogens (tertiary/aromatic N) is 4. The van der Waals surface area contributed by atoms with Gasteiger partial charge in [0.1, 0.15) is 6.33 Å². The molecule has 0 amide bonds. The molecule has 2 rings (SSSR count). The molecule has 0 spiro atoms. The highest BCUT2D eigenvalue weighted by Crippen LogP contribution is 2.22. The third-order valence-electron chi connectivity index (χ3n) is 2.42. The van der Waals surface area contributed by atoms with E-state index in [1.54, 1.807) is 6.07 Å². The molecule has 0 bridgehead atoms. The van der Waals surface area contributed by atoms with Crippen LogP contribution in [0.2, 0.25) is 0 Å². The third kappa shape index (κ3) is 2.34. The van der Waals surface area contributed by atoms with Crippen molar-refractivity contribution in [1.82, 2.24) is 20.2 Å². The Morgan fingerprint density at radius 1 is 1.50 bits per heavy atom. The zero-order valence-electron chi connectivity index (χ0n) is 9.61. The lowest BCUT2D eigenvalue weighted by Crippen LogP contribution is -2.00. The molecular weight excluding hydrogens is 234 g/mol. The van der Waals surface area contributed by atoms with Gasteiger partial charge in [0.2, 0.25) is 0 Å². The minimum atomic E-state index is -1.03. The quantitative estimate of drug-likeness (QED) is 0.607. The van der Waals surface area contributed by atoms with Gasteiger partial charge in [0.25, 0.3) is 0 Å². The number of hydrogen-bond acceptors (Lipinski definition) is 5. The molecule has 0 unspecified atom stereocenters. The first-order valence-corrected chi connectivity index (χ1v) is 5.12. The largest absolute Gasteiger partial charge is 0.478 e. The molecule has 0 fully saturated rings. The summed E-state index contributed by atoms with van der Waals surface area (Å²) in [6.07, 6.45) is 3.93. The summed E-state index contributed by atoms with van der Waals surface area (Å²) in [6.45, 7) is 1.83. The van der Waals surface area contributed by atoms with Crippen LogP contribution < -0.4 is 5.73 Å². The summed E-state index contributed by atoms with van der Waals surface area (Å²) in [5, 5.41) is 19.5. The zero-order chi connectivity index (χ0) is 13.1. The number of rotatable bonds is 3. The van der Waals surface area contributed by atoms with Gasteiger partial charge in [0.05, 0.1) is 5.69 Å². The van der Waals surface area contributed by atoms with Crippen LogP contribution in [-0.4, -0.2) is 31.3 Å². The molecule has 7 nitrogen and oxygen atoms in total. The maximum Gasteiger partial charge on any atom is 0.328 e. The highest BCUT2D eigenvalue weighted by molar-refractivity contribution is 5.87. The molecule has 7 heteroatoms. The molecule has 92 valence electrons. The van der Waals surface area contributed by atoms with Gasteiger partial charge in [-0.15, -0.1) is 5.10 Å². The molecule has 0 radical (unpaired) electrons. The lowest BCUT2D eigenvalue weighted by molar-refractivity contribution is -0.131. The second-order valence-corrected chi connectivity index (χ2v) is 3.69. The predicted octanol–water partition coefficient (Wildman–Crippen LogP) is 0.651. The Morgan fingerprint density at radius 2 is 2.28 bits per heavy atom. The summed E-state index contributed by atoms with van der Waals surface area (Å²) in [7, 11) is 0. The minimum Gasteiger partial charge on any atom is -0.478 e. The number of nitrogens with two attached hydrogens (primary N) is 1. The first-order chi connectivity index (χ1) is 8.58. The number of aryl methyl sites for hydroxylation is 1. The van der Waals surface area contributed by atoms with Gasteiger partial charge in [-0.1, -0.05) is 0 Å². The van der Waals surface area contributed by atoms with Crippen molar-refractivity contribution in [3.63, 3.8) is 0 Å². The summed E-state index contributed by atoms with van der Waals surface area (Å²) in [5.74, 6) is -1.03. The number of tetrazole rings is 1. The van der Waals surface area contributed by atoms with E-state index in [0.717, 1.165) is 17.3 Å². The normalized spacial score (nSPS) is 10.9. The van der Waals surface area contributed by atoms with Crippen molar-refractivity contribution in [3.05, 3.63) is 35.7 Å². The Kier molecular flexibility index (Phi) is 3.05. The van der Waals surface area contributed by atoms with Crippen molar-refractivity contribution in [2.24, 2.45) is 0 Å². The topological polar surface area (TPSA) is 107 Å². The SMILES string of the molecule is Cc1cc(-n2cnnn2)cc(C=CC(=O)O)c1N. The summed E-state index contributed by atoms with van der Waals surface area (Å²) >= 11 is 0. The Hall–Kier alpha value is -2.70. The number of benzene rings is 1. The molecule has 3 N–H and O–H groups in total. The second-order valence-electron chi connectivity index (χ2n) is 3.69. The number of aromatic nitrogens is 4. The second kappa shape index (κ2) is 4.66. The highest BCUT2D eigenvalue weighted by Gasteiger charge is 2.06. The molecule has 2 aromatic rings. The molecule has 18 heavy (non-hydrogen) atoms. The predicted molar refractivity (Wildman–Crippen MR) is 65.0 cm³/mol. The average molecular weight is 245 g/mol. The maximum atomic E-state index is 10.5. The fourth-order valence-electron chi connectivity index (χ4n) is 1.52. The van der Waals surface area contributed by atoms with Gasteiger partial charge in [-0.25, -0.2) is 9.48 Å². The van der Waals surface area contributed by atoms with Gasteiger partial charge in [-0.2, -0.15) is 0 Å². The van der Waals surface area contributed by atoms with Crippen LogP contribution in [0.3, 0.4) is 0 Å². The van der Waals surface area contributed by atoms with Crippen LogP contribution in [0.5, 0.6) is 0 Å². The van der Waals surface area contributed by atoms with Crippen molar-refractivity contribution in [1.29, 1.82) is 0 Å². The fourth-order valence-corrected chi connectivity index (χ4v) is 1.52. The number of hydrogen-bond donors (Lipinski definition) is 2. The minimum absolute atomic E-state index is 0.532. The molecule has 0 saturated heterocycles. The van der Waals surface area contributed by atoms with E-state index >= 15 is 0 Å². The van der Waals surface area contributed by atoms with Gasteiger partial charge in [0.15, 0.2) is 0 Å². The van der Waals surface area contributed by atoms with Crippen molar-refractivity contribution in [2.75, 3.05) is 5.73 Å². The number of carbonyl (C=O) groups is 1. The Balaban J connectivity index is 2.50. The maximum absolute atomic E-state index is 10.5. The molecule has 0 aliphatic rings. The van der Waals surface area contributed by atoms with E-state index in [2.05, 4.69) is 15.5 Å². The molecule has 0 aliphatic carbocycles. The number of carboxylic acids is 1. The first-order valence-electron chi connectivity index (χ1n) is 5.12. The van der Waals surface area contributed by atoms with E-state index in [1.807, 2.05) is 13.0 Å². The fraction of sp³-hybridized carbons (Fsp3) is 0.0909. The van der Waals surface area contributed by atoms with Crippen LogP contribution in [0.1, 0.15) is 11.1 Å². The smallest absolute Gasteiger partial charge is 0.328 e. The summed E-state index contributed by atoms with van der Waals surface area (Å²) in [5.41, 5.74) is 8.58. The van der Waals surface area contributed by atoms with Crippen molar-refractivity contribution in [3.8, 4) is 5.69 Å². The summed E-state index contributed by atoms with van der Waals surface area (Å²) in [4.78, 5) is 10.5. The van der Waals surface area contributed by atoms with E-state index in [0.29, 0.717) is 11.3 Å². The van der Waals surface area contributed by atoms with E-state index in [-0.39, 0.29) is 0 Å². The van der Waals surface area contributed by atoms with Crippen LogP contribution in [0.4, 0.5) is 5.69 Å². The average Bonchev–Trinajstić information content (AvgIpc) is 2.84. The van der Waals surface area contributed by atoms with Crippen LogP contribution in [0.25, 0.3) is 11.8 Å². The van der Waals surface area contributed by atoms with Crippen LogP contribution in [-0.2, 0) is 4.79 Å². The molecule has 0 aliphatic heterocycles. The van der Waals surface area contributed by atoms with Crippen molar-refractivity contribution in [2.45, 2.75) is 6.92 Å². The van der Waals surface area contributed by atoms with Gasteiger partial charge in [-0.3, -0.25) is 0 Å². The lowest BCUT2D eigenvalue weighted by atomic mass is 10.1. The number of nitrogen functional groups attached to an aromatic ring is 1.